The van der Waals surface area contributed by atoms with E-state index in [1.165, 1.54) is 5.57 Å². The Balaban J connectivity index is 1.95. The maximum atomic E-state index is 4.53. The summed E-state index contributed by atoms with van der Waals surface area (Å²) in [5.41, 5.74) is 3.37. The largest absolute Gasteiger partial charge is 0.231 e. The zero-order valence-electron chi connectivity index (χ0n) is 7.77. The minimum atomic E-state index is 0.903. The summed E-state index contributed by atoms with van der Waals surface area (Å²) in [5, 5.41) is 0. The maximum Gasteiger partial charge on any atom is 0.156 e. The van der Waals surface area contributed by atoms with Crippen molar-refractivity contribution in [3.8, 4) is 0 Å². The predicted octanol–water partition coefficient (Wildman–Crippen LogP) is 2.57. The van der Waals surface area contributed by atoms with Gasteiger partial charge in [-0.3, -0.25) is 0 Å². The van der Waals surface area contributed by atoms with Crippen LogP contribution in [0.3, 0.4) is 0 Å². The van der Waals surface area contributed by atoms with Gasteiger partial charge in [0.05, 0.1) is 11.4 Å². The minimum absolute atomic E-state index is 0.903. The summed E-state index contributed by atoms with van der Waals surface area (Å²) in [4.78, 5) is 9.04. The van der Waals surface area contributed by atoms with Crippen molar-refractivity contribution in [2.24, 2.45) is 9.98 Å². The zero-order chi connectivity index (χ0) is 9.38. The van der Waals surface area contributed by atoms with Gasteiger partial charge in [-0.1, -0.05) is 30.4 Å². The molecule has 0 fully saturated rings. The smallest absolute Gasteiger partial charge is 0.156 e. The van der Waals surface area contributed by atoms with E-state index in [0.29, 0.717) is 0 Å². The molecule has 0 aromatic carbocycles. The number of nitrogens with zero attached hydrogens (tertiary/aromatic N) is 2. The summed E-state index contributed by atoms with van der Waals surface area (Å²) in [5.74, 6) is 0.903. The van der Waals surface area contributed by atoms with E-state index in [9.17, 15) is 0 Å². The molecule has 1 heterocycles. The first-order valence-corrected chi connectivity index (χ1v) is 4.83. The molecule has 14 heavy (non-hydrogen) atoms. The number of rotatable bonds is 1. The number of hydrogen-bond acceptors (Lipinski definition) is 2. The van der Waals surface area contributed by atoms with Crippen LogP contribution >= 0.6 is 0 Å². The molecule has 0 atom stereocenters. The summed E-state index contributed by atoms with van der Waals surface area (Å²) in [7, 11) is 0. The molecule has 0 saturated carbocycles. The van der Waals surface area contributed by atoms with Crippen molar-refractivity contribution >= 4 is 11.5 Å². The number of allylic oxidation sites excluding steroid dienone is 7. The fourth-order valence-corrected chi connectivity index (χ4v) is 1.77. The normalized spacial score (nSPS) is 22.9. The van der Waals surface area contributed by atoms with Crippen molar-refractivity contribution < 1.29 is 0 Å². The minimum Gasteiger partial charge on any atom is -0.231 e. The third-order valence-electron chi connectivity index (χ3n) is 2.52. The van der Waals surface area contributed by atoms with E-state index < -0.39 is 0 Å². The van der Waals surface area contributed by atoms with Gasteiger partial charge in [-0.2, -0.15) is 0 Å². The molecule has 0 aromatic rings. The highest BCUT2D eigenvalue weighted by molar-refractivity contribution is 6.19. The third kappa shape index (κ3) is 1.11. The monoisotopic (exact) mass is 182 g/mol. The molecule has 1 aliphatic heterocycles. The molecular formula is C12H10N2. The lowest BCUT2D eigenvalue weighted by Gasteiger charge is -1.99. The lowest BCUT2D eigenvalue weighted by atomic mass is 10.1. The van der Waals surface area contributed by atoms with Crippen molar-refractivity contribution in [1.29, 1.82) is 0 Å². The first kappa shape index (κ1) is 7.68. The summed E-state index contributed by atoms with van der Waals surface area (Å²) in [6.07, 6.45) is 14.4. The van der Waals surface area contributed by atoms with E-state index in [-0.39, 0.29) is 0 Å². The highest BCUT2D eigenvalue weighted by atomic mass is 15.0. The van der Waals surface area contributed by atoms with Crippen LogP contribution in [-0.4, -0.2) is 11.5 Å². The summed E-state index contributed by atoms with van der Waals surface area (Å²) in [6, 6.07) is 0. The van der Waals surface area contributed by atoms with Gasteiger partial charge in [0, 0.05) is 12.0 Å². The van der Waals surface area contributed by atoms with E-state index in [1.807, 2.05) is 12.2 Å². The molecule has 0 spiro atoms. The summed E-state index contributed by atoms with van der Waals surface area (Å²) >= 11 is 0. The van der Waals surface area contributed by atoms with Crippen molar-refractivity contribution in [3.05, 3.63) is 47.7 Å². The molecule has 0 aromatic heterocycles. The van der Waals surface area contributed by atoms with Crippen molar-refractivity contribution in [1.82, 2.24) is 0 Å². The predicted molar refractivity (Wildman–Crippen MR) is 58.6 cm³/mol. The molecule has 0 radical (unpaired) electrons. The van der Waals surface area contributed by atoms with Crippen LogP contribution < -0.4 is 0 Å². The van der Waals surface area contributed by atoms with Gasteiger partial charge in [-0.15, -0.1) is 0 Å². The van der Waals surface area contributed by atoms with Gasteiger partial charge in [-0.05, 0) is 12.5 Å². The van der Waals surface area contributed by atoms with Crippen LogP contribution in [0.15, 0.2) is 57.7 Å². The molecule has 3 rings (SSSR count). The summed E-state index contributed by atoms with van der Waals surface area (Å²) in [6.45, 7) is 0. The molecule has 0 N–H and O–H groups in total. The first-order valence-electron chi connectivity index (χ1n) is 4.83. The summed E-state index contributed by atoms with van der Waals surface area (Å²) < 4.78 is 0. The fourth-order valence-electron chi connectivity index (χ4n) is 1.77. The lowest BCUT2D eigenvalue weighted by Crippen LogP contribution is -1.98. The molecule has 68 valence electrons. The number of aliphatic imine (C=N–C) groups is 2. The van der Waals surface area contributed by atoms with Crippen LogP contribution in [0.1, 0.15) is 12.8 Å². The number of fused-ring (bicyclic) bond motifs is 1. The van der Waals surface area contributed by atoms with Crippen LogP contribution in [0.2, 0.25) is 0 Å². The van der Waals surface area contributed by atoms with Gasteiger partial charge in [0.25, 0.3) is 0 Å². The van der Waals surface area contributed by atoms with Gasteiger partial charge < -0.3 is 0 Å². The molecule has 0 unspecified atom stereocenters. The Morgan fingerprint density at radius 1 is 0.929 bits per heavy atom. The van der Waals surface area contributed by atoms with E-state index in [1.54, 1.807) is 0 Å². The number of amidine groups is 1. The lowest BCUT2D eigenvalue weighted by molar-refractivity contribution is 1.33. The van der Waals surface area contributed by atoms with E-state index in [0.717, 1.165) is 30.1 Å². The van der Waals surface area contributed by atoms with Gasteiger partial charge in [-0.25, -0.2) is 9.98 Å². The highest BCUT2D eigenvalue weighted by Gasteiger charge is 2.19. The Bertz CT molecular complexity index is 457. The third-order valence-corrected chi connectivity index (χ3v) is 2.52. The molecular weight excluding hydrogens is 172 g/mol. The molecule has 2 aliphatic carbocycles. The van der Waals surface area contributed by atoms with Crippen LogP contribution in [0, 0.1) is 0 Å². The highest BCUT2D eigenvalue weighted by Crippen LogP contribution is 2.23. The SMILES string of the molecule is C1=CCC(C2=NC3=CC=CCC3=N2)=C1. The van der Waals surface area contributed by atoms with Crippen molar-refractivity contribution in [2.45, 2.75) is 12.8 Å². The van der Waals surface area contributed by atoms with Gasteiger partial charge >= 0.3 is 0 Å². The zero-order valence-corrected chi connectivity index (χ0v) is 7.77. The van der Waals surface area contributed by atoms with Crippen LogP contribution in [0.5, 0.6) is 0 Å². The molecule has 0 bridgehead atoms. The first-order chi connectivity index (χ1) is 6.93. The van der Waals surface area contributed by atoms with E-state index in [4.69, 9.17) is 0 Å². The Hall–Kier alpha value is -1.70. The molecule has 2 heteroatoms. The van der Waals surface area contributed by atoms with E-state index in [2.05, 4.69) is 34.3 Å². The molecule has 3 aliphatic rings. The van der Waals surface area contributed by atoms with Crippen LogP contribution in [-0.2, 0) is 0 Å². The van der Waals surface area contributed by atoms with Gasteiger partial charge in [0.2, 0.25) is 0 Å². The van der Waals surface area contributed by atoms with Crippen molar-refractivity contribution in [2.75, 3.05) is 0 Å². The quantitative estimate of drug-likeness (QED) is 0.595. The Labute approximate surface area is 82.8 Å². The fraction of sp³-hybridized carbons (Fsp3) is 0.167. The molecule has 2 nitrogen and oxygen atoms in total. The second-order valence-corrected chi connectivity index (χ2v) is 3.50. The van der Waals surface area contributed by atoms with Gasteiger partial charge in [0.15, 0.2) is 5.84 Å². The average Bonchev–Trinajstić information content (AvgIpc) is 2.86. The topological polar surface area (TPSA) is 24.7 Å². The Morgan fingerprint density at radius 2 is 1.79 bits per heavy atom. The van der Waals surface area contributed by atoms with Crippen LogP contribution in [0.4, 0.5) is 0 Å². The number of hydrogen-bond donors (Lipinski definition) is 0. The average molecular weight is 182 g/mol. The van der Waals surface area contributed by atoms with Crippen molar-refractivity contribution in [3.63, 3.8) is 0 Å². The second-order valence-electron chi connectivity index (χ2n) is 3.50. The van der Waals surface area contributed by atoms with E-state index >= 15 is 0 Å². The molecule has 0 amide bonds. The Kier molecular flexibility index (Phi) is 1.60. The standard InChI is InChI=1S/C12H10N2/c1-2-6-9(5-1)12-13-10-7-3-4-8-11(10)14-12/h1-5,7H,6,8H2. The Morgan fingerprint density at radius 3 is 2.57 bits per heavy atom. The van der Waals surface area contributed by atoms with Gasteiger partial charge in [0.1, 0.15) is 0 Å². The second kappa shape index (κ2) is 2.91. The maximum absolute atomic E-state index is 4.53. The van der Waals surface area contributed by atoms with Crippen LogP contribution in [0.25, 0.3) is 0 Å². The molecule has 0 saturated heterocycles.